The summed E-state index contributed by atoms with van der Waals surface area (Å²) in [6, 6.07) is 6.76. The van der Waals surface area contributed by atoms with Crippen LogP contribution in [0, 0.1) is 49.0 Å². The summed E-state index contributed by atoms with van der Waals surface area (Å²) in [4.78, 5) is 4.74. The fraction of sp³-hybridized carbons (Fsp3) is 0.629. The molecule has 42 heavy (non-hydrogen) atoms. The summed E-state index contributed by atoms with van der Waals surface area (Å²) in [5.41, 5.74) is 2.47. The normalized spacial score (nSPS) is 16.9. The molecule has 1 aliphatic heterocycles. The molecular weight excluding hydrogens is 759 g/mol. The van der Waals surface area contributed by atoms with Gasteiger partial charge in [-0.15, -0.1) is 29.8 Å². The van der Waals surface area contributed by atoms with Crippen molar-refractivity contribution in [1.29, 1.82) is 0 Å². The molecule has 1 saturated heterocycles. The maximum absolute atomic E-state index is 13.0. The van der Waals surface area contributed by atoms with Crippen LogP contribution in [-0.4, -0.2) is 31.5 Å². The van der Waals surface area contributed by atoms with Gasteiger partial charge < -0.3 is 15.0 Å². The van der Waals surface area contributed by atoms with Crippen molar-refractivity contribution >= 4 is 5.71 Å². The molecule has 3 nitrogen and oxygen atoms in total. The zero-order valence-electron chi connectivity index (χ0n) is 27.0. The van der Waals surface area contributed by atoms with Crippen molar-refractivity contribution in [3.63, 3.8) is 0 Å². The van der Waals surface area contributed by atoms with Gasteiger partial charge in [-0.1, -0.05) is 77.7 Å². The van der Waals surface area contributed by atoms with Crippen LogP contribution in [0.1, 0.15) is 111 Å². The van der Waals surface area contributed by atoms with E-state index < -0.39 is 11.7 Å². The average Bonchev–Trinajstić information content (AvgIpc) is 2.94. The maximum atomic E-state index is 13.0. The zero-order chi connectivity index (χ0) is 30.7. The predicted octanol–water partition coefficient (Wildman–Crippen LogP) is 10.1. The first-order valence-electron chi connectivity index (χ1n) is 15.5. The number of nitrogens with zero attached hydrogens (tertiary/aromatic N) is 1. The second kappa shape index (κ2) is 23.1. The molecule has 1 fully saturated rings. The van der Waals surface area contributed by atoms with Crippen LogP contribution in [0.2, 0.25) is 0 Å². The van der Waals surface area contributed by atoms with Crippen LogP contribution in [0.25, 0.3) is 0 Å². The minimum Gasteiger partial charge on any atom is -0.386 e. The topological polar surface area (TPSA) is 33.6 Å². The molecule has 2 unspecified atom stereocenters. The van der Waals surface area contributed by atoms with E-state index in [-0.39, 0.29) is 31.1 Å². The van der Waals surface area contributed by atoms with Gasteiger partial charge >= 0.3 is 6.18 Å². The molecule has 1 aliphatic rings. The van der Waals surface area contributed by atoms with E-state index in [9.17, 15) is 13.2 Å². The number of alkyl halides is 3. The fourth-order valence-electron chi connectivity index (χ4n) is 4.42. The largest absolute Gasteiger partial charge is 0.386 e. The molecule has 0 amide bonds. The van der Waals surface area contributed by atoms with Crippen LogP contribution in [0.5, 0.6) is 0 Å². The SMILES string of the molecule is CC/C=C\C=C(/C)C(=NC/C=C(\C)NC(CCCC)CC(C)CC)c1[c-]cc(C(F)(F)F)cc1.CC1CCOCC1.[U]. The Labute approximate surface area is 278 Å². The molecule has 0 aliphatic carbocycles. The Bertz CT molecular complexity index is 961. The first-order chi connectivity index (χ1) is 19.5. The summed E-state index contributed by atoms with van der Waals surface area (Å²) in [5.74, 6) is 1.58. The first-order valence-corrected chi connectivity index (χ1v) is 15.5. The second-order valence-electron chi connectivity index (χ2n) is 11.3. The van der Waals surface area contributed by atoms with E-state index in [0.717, 1.165) is 61.8 Å². The quantitative estimate of drug-likeness (QED) is 0.115. The summed E-state index contributed by atoms with van der Waals surface area (Å²) in [5, 5.41) is 3.66. The van der Waals surface area contributed by atoms with Gasteiger partial charge in [-0.25, -0.2) is 0 Å². The van der Waals surface area contributed by atoms with E-state index >= 15 is 0 Å². The molecule has 0 radical (unpaired) electrons. The van der Waals surface area contributed by atoms with Gasteiger partial charge in [0.05, 0.1) is 0 Å². The van der Waals surface area contributed by atoms with E-state index in [1.807, 2.05) is 32.1 Å². The van der Waals surface area contributed by atoms with Crippen LogP contribution >= 0.6 is 0 Å². The Balaban J connectivity index is 0.00000182. The van der Waals surface area contributed by atoms with Gasteiger partial charge in [0.1, 0.15) is 0 Å². The molecule has 0 spiro atoms. The standard InChI is InChI=1S/C29H42F3N2.C6H12O.U/c1-7-10-12-13-23(5)28(25-15-17-26(18-16-25)29(30,31)32)33-20-19-24(6)34-27(14-11-8-2)21-22(4)9-3;1-6-2-4-7-5-3-6;/h10,12-13,15,17-19,22,27,34H,7-9,11,14,20-21H2,1-6H3;6H,2-5H2,1H3;/q-1;;/b12-10-,23-13+,24-19+,33-28?;;. The summed E-state index contributed by atoms with van der Waals surface area (Å²) in [6.45, 7) is 17.5. The molecule has 1 aromatic rings. The fourth-order valence-corrected chi connectivity index (χ4v) is 4.42. The van der Waals surface area contributed by atoms with Crippen LogP contribution in [0.15, 0.2) is 58.8 Å². The third-order valence-corrected chi connectivity index (χ3v) is 7.37. The van der Waals surface area contributed by atoms with Crippen molar-refractivity contribution in [2.24, 2.45) is 16.8 Å². The first kappa shape index (κ1) is 40.7. The molecule has 2 rings (SSSR count). The Morgan fingerprint density at radius 2 is 1.86 bits per heavy atom. The smallest absolute Gasteiger partial charge is 0.381 e. The summed E-state index contributed by atoms with van der Waals surface area (Å²) >= 11 is 0. The van der Waals surface area contributed by atoms with Gasteiger partial charge in [-0.05, 0) is 75.1 Å². The van der Waals surface area contributed by atoms with Crippen LogP contribution in [0.3, 0.4) is 0 Å². The zero-order valence-corrected chi connectivity index (χ0v) is 31.2. The van der Waals surface area contributed by atoms with Gasteiger partial charge in [-0.3, -0.25) is 0 Å². The van der Waals surface area contributed by atoms with Gasteiger partial charge in [0.2, 0.25) is 0 Å². The molecular formula is C35H54F3N2OU-. The van der Waals surface area contributed by atoms with Gasteiger partial charge in [-0.2, -0.15) is 13.2 Å². The number of hydrogen-bond donors (Lipinski definition) is 1. The molecule has 1 heterocycles. The molecule has 1 N–H and O–H groups in total. The van der Waals surface area contributed by atoms with E-state index in [1.54, 1.807) is 0 Å². The number of rotatable bonds is 14. The number of halogens is 3. The number of unbranched alkanes of at least 4 members (excludes halogenated alkanes) is 1. The van der Waals surface area contributed by atoms with Crippen molar-refractivity contribution in [2.75, 3.05) is 19.8 Å². The van der Waals surface area contributed by atoms with E-state index in [1.165, 1.54) is 38.2 Å². The molecule has 7 heteroatoms. The maximum Gasteiger partial charge on any atom is 0.381 e. The Hall–Kier alpha value is -1.29. The monoisotopic (exact) mass is 813 g/mol. The van der Waals surface area contributed by atoms with E-state index in [2.05, 4.69) is 52.1 Å². The Morgan fingerprint density at radius 3 is 2.36 bits per heavy atom. The number of aliphatic imine (C=N–C) groups is 1. The third kappa shape index (κ3) is 17.7. The van der Waals surface area contributed by atoms with E-state index in [0.29, 0.717) is 29.8 Å². The average molecular weight is 814 g/mol. The summed E-state index contributed by atoms with van der Waals surface area (Å²) in [6.07, 6.45) is 12.9. The van der Waals surface area contributed by atoms with Crippen LogP contribution in [0.4, 0.5) is 13.2 Å². The van der Waals surface area contributed by atoms with Crippen LogP contribution < -0.4 is 5.32 Å². The minimum absolute atomic E-state index is 0. The summed E-state index contributed by atoms with van der Waals surface area (Å²) < 4.78 is 44.1. The second-order valence-corrected chi connectivity index (χ2v) is 11.3. The van der Waals surface area contributed by atoms with Crippen molar-refractivity contribution in [3.8, 4) is 0 Å². The summed E-state index contributed by atoms with van der Waals surface area (Å²) in [7, 11) is 0. The van der Waals surface area contributed by atoms with Gasteiger partial charge in [0.15, 0.2) is 0 Å². The molecule has 0 aromatic heterocycles. The van der Waals surface area contributed by atoms with Gasteiger partial charge in [0.25, 0.3) is 0 Å². The Morgan fingerprint density at radius 1 is 1.17 bits per heavy atom. The number of benzene rings is 1. The molecule has 1 aromatic carbocycles. The molecule has 2 atom stereocenters. The minimum atomic E-state index is -4.38. The number of ether oxygens (including phenoxy) is 1. The molecule has 0 bridgehead atoms. The van der Waals surface area contributed by atoms with Crippen molar-refractivity contribution in [1.82, 2.24) is 5.32 Å². The Kier molecular flexibility index (Phi) is 22.4. The number of allylic oxidation sites excluding steroid dienone is 5. The van der Waals surface area contributed by atoms with Gasteiger partial charge in [0, 0.05) is 62.6 Å². The number of nitrogens with one attached hydrogen (secondary N) is 1. The van der Waals surface area contributed by atoms with Crippen molar-refractivity contribution in [2.45, 2.75) is 112 Å². The van der Waals surface area contributed by atoms with Crippen LogP contribution in [-0.2, 0) is 10.9 Å². The van der Waals surface area contributed by atoms with Crippen molar-refractivity contribution < 1.29 is 49.0 Å². The number of hydrogen-bond acceptors (Lipinski definition) is 3. The molecule has 236 valence electrons. The molecule has 0 saturated carbocycles. The van der Waals surface area contributed by atoms with E-state index in [4.69, 9.17) is 9.73 Å². The van der Waals surface area contributed by atoms with Crippen molar-refractivity contribution in [3.05, 3.63) is 71.0 Å². The predicted molar refractivity (Wildman–Crippen MR) is 168 cm³/mol. The third-order valence-electron chi connectivity index (χ3n) is 7.37.